The SMILES string of the molecule is CC(C)OCCC(=O)NCC1CCCN1. The van der Waals surface area contributed by atoms with Crippen molar-refractivity contribution in [2.45, 2.75) is 45.3 Å². The third-order valence-corrected chi connectivity index (χ3v) is 2.49. The Balaban J connectivity index is 1.98. The van der Waals surface area contributed by atoms with Gasteiger partial charge in [-0.1, -0.05) is 0 Å². The topological polar surface area (TPSA) is 50.4 Å². The van der Waals surface area contributed by atoms with Crippen LogP contribution in [-0.4, -0.2) is 37.7 Å². The van der Waals surface area contributed by atoms with E-state index in [1.807, 2.05) is 13.8 Å². The van der Waals surface area contributed by atoms with Crippen molar-refractivity contribution in [2.75, 3.05) is 19.7 Å². The molecule has 1 fully saturated rings. The molecule has 1 amide bonds. The zero-order valence-corrected chi connectivity index (χ0v) is 9.71. The first-order valence-corrected chi connectivity index (χ1v) is 5.80. The Morgan fingerprint density at radius 1 is 1.60 bits per heavy atom. The number of carbonyl (C=O) groups excluding carboxylic acids is 1. The van der Waals surface area contributed by atoms with E-state index in [0.717, 1.165) is 13.1 Å². The largest absolute Gasteiger partial charge is 0.378 e. The van der Waals surface area contributed by atoms with Crippen LogP contribution >= 0.6 is 0 Å². The number of hydrogen-bond acceptors (Lipinski definition) is 3. The summed E-state index contributed by atoms with van der Waals surface area (Å²) in [5.74, 6) is 0.0874. The Kier molecular flexibility index (Phi) is 5.65. The van der Waals surface area contributed by atoms with Crippen LogP contribution in [0.1, 0.15) is 33.1 Å². The van der Waals surface area contributed by atoms with Crippen molar-refractivity contribution in [1.82, 2.24) is 10.6 Å². The molecule has 1 aliphatic rings. The van der Waals surface area contributed by atoms with Gasteiger partial charge < -0.3 is 15.4 Å². The highest BCUT2D eigenvalue weighted by Crippen LogP contribution is 2.03. The molecular formula is C11H22N2O2. The minimum absolute atomic E-state index is 0.0874. The Labute approximate surface area is 91.8 Å². The van der Waals surface area contributed by atoms with Crippen molar-refractivity contribution in [2.24, 2.45) is 0 Å². The van der Waals surface area contributed by atoms with Gasteiger partial charge in [0.05, 0.1) is 12.7 Å². The quantitative estimate of drug-likeness (QED) is 0.683. The molecule has 4 nitrogen and oxygen atoms in total. The smallest absolute Gasteiger partial charge is 0.222 e. The summed E-state index contributed by atoms with van der Waals surface area (Å²) >= 11 is 0. The van der Waals surface area contributed by atoms with Crippen molar-refractivity contribution in [3.63, 3.8) is 0 Å². The Morgan fingerprint density at radius 2 is 2.40 bits per heavy atom. The molecule has 1 unspecified atom stereocenters. The van der Waals surface area contributed by atoms with Crippen molar-refractivity contribution >= 4 is 5.91 Å². The Morgan fingerprint density at radius 3 is 3.00 bits per heavy atom. The molecule has 0 aliphatic carbocycles. The summed E-state index contributed by atoms with van der Waals surface area (Å²) in [5.41, 5.74) is 0. The molecule has 1 aliphatic heterocycles. The van der Waals surface area contributed by atoms with Crippen molar-refractivity contribution in [1.29, 1.82) is 0 Å². The Hall–Kier alpha value is -0.610. The van der Waals surface area contributed by atoms with Gasteiger partial charge in [0.1, 0.15) is 0 Å². The maximum absolute atomic E-state index is 11.4. The first-order chi connectivity index (χ1) is 7.18. The van der Waals surface area contributed by atoms with Gasteiger partial charge in [-0.2, -0.15) is 0 Å². The summed E-state index contributed by atoms with van der Waals surface area (Å²) in [7, 11) is 0. The lowest BCUT2D eigenvalue weighted by Crippen LogP contribution is -2.37. The fourth-order valence-electron chi connectivity index (χ4n) is 1.64. The molecule has 0 aromatic carbocycles. The van der Waals surface area contributed by atoms with Gasteiger partial charge in [-0.3, -0.25) is 4.79 Å². The van der Waals surface area contributed by atoms with Gasteiger partial charge in [-0.25, -0.2) is 0 Å². The summed E-state index contributed by atoms with van der Waals surface area (Å²) in [5, 5.41) is 6.26. The first-order valence-electron chi connectivity index (χ1n) is 5.80. The van der Waals surface area contributed by atoms with Crippen LogP contribution in [-0.2, 0) is 9.53 Å². The van der Waals surface area contributed by atoms with Crippen molar-refractivity contribution in [3.05, 3.63) is 0 Å². The molecule has 0 aromatic rings. The molecule has 0 saturated carbocycles. The van der Waals surface area contributed by atoms with Crippen LogP contribution in [0, 0.1) is 0 Å². The summed E-state index contributed by atoms with van der Waals surface area (Å²) in [6, 6.07) is 0.472. The van der Waals surface area contributed by atoms with Gasteiger partial charge in [0.2, 0.25) is 5.91 Å². The normalized spacial score (nSPS) is 20.9. The van der Waals surface area contributed by atoms with Crippen molar-refractivity contribution < 1.29 is 9.53 Å². The molecule has 0 radical (unpaired) electrons. The molecule has 1 rings (SSSR count). The highest BCUT2D eigenvalue weighted by molar-refractivity contribution is 5.75. The van der Waals surface area contributed by atoms with E-state index in [1.54, 1.807) is 0 Å². The molecular weight excluding hydrogens is 192 g/mol. The molecule has 2 N–H and O–H groups in total. The monoisotopic (exact) mass is 214 g/mol. The molecule has 1 heterocycles. The third kappa shape index (κ3) is 5.74. The van der Waals surface area contributed by atoms with E-state index in [1.165, 1.54) is 12.8 Å². The number of rotatable bonds is 6. The second kappa shape index (κ2) is 6.80. The maximum atomic E-state index is 11.4. The second-order valence-electron chi connectivity index (χ2n) is 4.27. The van der Waals surface area contributed by atoms with Crippen molar-refractivity contribution in [3.8, 4) is 0 Å². The molecule has 1 atom stereocenters. The van der Waals surface area contributed by atoms with Gasteiger partial charge in [0, 0.05) is 19.0 Å². The minimum atomic E-state index is 0.0874. The summed E-state index contributed by atoms with van der Waals surface area (Å²) in [4.78, 5) is 11.4. The number of amides is 1. The second-order valence-corrected chi connectivity index (χ2v) is 4.27. The van der Waals surface area contributed by atoms with Gasteiger partial charge in [0.15, 0.2) is 0 Å². The Bertz CT molecular complexity index is 189. The lowest BCUT2D eigenvalue weighted by atomic mass is 10.2. The van der Waals surface area contributed by atoms with E-state index in [0.29, 0.717) is 19.1 Å². The molecule has 0 bridgehead atoms. The number of hydrogen-bond donors (Lipinski definition) is 2. The van der Waals surface area contributed by atoms with Gasteiger partial charge >= 0.3 is 0 Å². The highest BCUT2D eigenvalue weighted by atomic mass is 16.5. The van der Waals surface area contributed by atoms with E-state index in [2.05, 4.69) is 10.6 Å². The van der Waals surface area contributed by atoms with Crippen LogP contribution in [0.25, 0.3) is 0 Å². The summed E-state index contributed by atoms with van der Waals surface area (Å²) in [6.45, 7) is 6.29. The van der Waals surface area contributed by atoms with E-state index >= 15 is 0 Å². The zero-order chi connectivity index (χ0) is 11.1. The van der Waals surface area contributed by atoms with Crippen LogP contribution in [0.4, 0.5) is 0 Å². The van der Waals surface area contributed by atoms with Crippen LogP contribution in [0.3, 0.4) is 0 Å². The highest BCUT2D eigenvalue weighted by Gasteiger charge is 2.14. The predicted octanol–water partition coefficient (Wildman–Crippen LogP) is 0.670. The predicted molar refractivity (Wildman–Crippen MR) is 59.7 cm³/mol. The fraction of sp³-hybridized carbons (Fsp3) is 0.909. The van der Waals surface area contributed by atoms with E-state index in [4.69, 9.17) is 4.74 Å². The lowest BCUT2D eigenvalue weighted by Gasteiger charge is -2.12. The number of carbonyl (C=O) groups is 1. The van der Waals surface area contributed by atoms with E-state index in [9.17, 15) is 4.79 Å². The van der Waals surface area contributed by atoms with Crippen LogP contribution in [0.2, 0.25) is 0 Å². The summed E-state index contributed by atoms with van der Waals surface area (Å²) in [6.07, 6.45) is 3.05. The third-order valence-electron chi connectivity index (χ3n) is 2.49. The van der Waals surface area contributed by atoms with E-state index < -0.39 is 0 Å². The van der Waals surface area contributed by atoms with Gasteiger partial charge in [0.25, 0.3) is 0 Å². The molecule has 15 heavy (non-hydrogen) atoms. The van der Waals surface area contributed by atoms with Crippen LogP contribution in [0.5, 0.6) is 0 Å². The zero-order valence-electron chi connectivity index (χ0n) is 9.71. The number of ether oxygens (including phenoxy) is 1. The fourth-order valence-corrected chi connectivity index (χ4v) is 1.64. The minimum Gasteiger partial charge on any atom is -0.378 e. The van der Waals surface area contributed by atoms with Gasteiger partial charge in [-0.15, -0.1) is 0 Å². The standard InChI is InChI=1S/C11H22N2O2/c1-9(2)15-7-5-11(14)13-8-10-4-3-6-12-10/h9-10,12H,3-8H2,1-2H3,(H,13,14). The average molecular weight is 214 g/mol. The molecule has 1 saturated heterocycles. The average Bonchev–Trinajstić information content (AvgIpc) is 2.66. The molecule has 0 spiro atoms. The van der Waals surface area contributed by atoms with E-state index in [-0.39, 0.29) is 12.0 Å². The molecule has 88 valence electrons. The van der Waals surface area contributed by atoms with Crippen LogP contribution < -0.4 is 10.6 Å². The first kappa shape index (κ1) is 12.5. The molecule has 4 heteroatoms. The van der Waals surface area contributed by atoms with Crippen LogP contribution in [0.15, 0.2) is 0 Å². The summed E-state index contributed by atoms with van der Waals surface area (Å²) < 4.78 is 5.31. The van der Waals surface area contributed by atoms with Gasteiger partial charge in [-0.05, 0) is 33.2 Å². The lowest BCUT2D eigenvalue weighted by molar-refractivity contribution is -0.122. The molecule has 0 aromatic heterocycles. The number of nitrogens with one attached hydrogen (secondary N) is 2. The maximum Gasteiger partial charge on any atom is 0.222 e.